The van der Waals surface area contributed by atoms with E-state index in [1.165, 1.54) is 19.2 Å². The maximum absolute atomic E-state index is 14.0. The van der Waals surface area contributed by atoms with Crippen LogP contribution in [-0.4, -0.2) is 39.7 Å². The first-order valence-electron chi connectivity index (χ1n) is 5.85. The van der Waals surface area contributed by atoms with Gasteiger partial charge in [-0.25, -0.2) is 13.6 Å². The third-order valence-electron chi connectivity index (χ3n) is 3.29. The summed E-state index contributed by atoms with van der Waals surface area (Å²) in [5.41, 5.74) is 4.49. The molecule has 2 rings (SSSR count). The summed E-state index contributed by atoms with van der Waals surface area (Å²) in [6.45, 7) is 0.986. The molecule has 8 heteroatoms. The number of halogens is 2. The van der Waals surface area contributed by atoms with Gasteiger partial charge in [0.05, 0.1) is 12.7 Å². The highest BCUT2D eigenvalue weighted by Gasteiger charge is 2.45. The van der Waals surface area contributed by atoms with Crippen molar-refractivity contribution < 1.29 is 18.6 Å². The van der Waals surface area contributed by atoms with Gasteiger partial charge in [0.2, 0.25) is 0 Å². The molecule has 6 nitrogen and oxygen atoms in total. The molecule has 2 heterocycles. The number of aromatic nitrogens is 2. The molecule has 0 saturated carbocycles. The fourth-order valence-corrected chi connectivity index (χ4v) is 2.08. The normalized spacial score (nSPS) is 35.3. The van der Waals surface area contributed by atoms with E-state index in [4.69, 9.17) is 15.6 Å². The highest BCUT2D eigenvalue weighted by Crippen LogP contribution is 2.34. The molecule has 19 heavy (non-hydrogen) atoms. The van der Waals surface area contributed by atoms with E-state index < -0.39 is 42.9 Å². The molecule has 0 radical (unpaired) electrons. The Bertz CT molecular complexity index is 508. The topological polar surface area (TPSA) is 90.4 Å². The van der Waals surface area contributed by atoms with Crippen molar-refractivity contribution in [2.24, 2.45) is 5.92 Å². The van der Waals surface area contributed by atoms with Crippen LogP contribution in [0.2, 0.25) is 0 Å². The van der Waals surface area contributed by atoms with Crippen LogP contribution < -0.4 is 11.4 Å². The third-order valence-corrected chi connectivity index (χ3v) is 3.29. The van der Waals surface area contributed by atoms with Gasteiger partial charge >= 0.3 is 5.69 Å². The van der Waals surface area contributed by atoms with Gasteiger partial charge in [-0.1, -0.05) is 6.92 Å². The van der Waals surface area contributed by atoms with E-state index in [-0.39, 0.29) is 5.82 Å². The average molecular weight is 275 g/mol. The smallest absolute Gasteiger partial charge is 0.351 e. The van der Waals surface area contributed by atoms with E-state index >= 15 is 0 Å². The molecule has 0 spiro atoms. The largest absolute Gasteiger partial charge is 0.394 e. The van der Waals surface area contributed by atoms with Gasteiger partial charge in [0.15, 0.2) is 12.4 Å². The van der Waals surface area contributed by atoms with E-state index in [0.29, 0.717) is 0 Å². The number of hydrogen-bond acceptors (Lipinski definition) is 5. The second kappa shape index (κ2) is 5.22. The van der Waals surface area contributed by atoms with Crippen LogP contribution in [0.3, 0.4) is 0 Å². The number of aliphatic hydroxyl groups is 1. The lowest BCUT2D eigenvalue weighted by Gasteiger charge is -2.39. The lowest BCUT2D eigenvalue weighted by Crippen LogP contribution is -2.50. The van der Waals surface area contributed by atoms with Crippen molar-refractivity contribution in [3.05, 3.63) is 22.7 Å². The van der Waals surface area contributed by atoms with Crippen LogP contribution in [0.15, 0.2) is 17.1 Å². The summed E-state index contributed by atoms with van der Waals surface area (Å²) < 4.78 is 33.9. The predicted octanol–water partition coefficient (Wildman–Crippen LogP) is 0.0275. The number of anilines is 1. The molecular formula is C11H15F2N3O3. The summed E-state index contributed by atoms with van der Waals surface area (Å²) in [6, 6.07) is 1.29. The molecule has 0 aliphatic carbocycles. The van der Waals surface area contributed by atoms with Gasteiger partial charge < -0.3 is 15.6 Å². The molecule has 0 amide bonds. The Hall–Kier alpha value is -1.54. The molecule has 1 aromatic rings. The molecule has 0 bridgehead atoms. The quantitative estimate of drug-likeness (QED) is 0.794. The standard InChI is InChI=1S/C11H15F2N3O3/c1-5-6(4-17)19-10(9(13)8(5)12)16-3-2-7(14)15-11(16)18/h2-3,5-6,8-10,17H,4H2,1H3,(H2,14,15,18)/t5-,6+,8?,9?,10+/m0/s1. The second-order valence-corrected chi connectivity index (χ2v) is 4.54. The summed E-state index contributed by atoms with van der Waals surface area (Å²) in [5, 5.41) is 9.11. The molecule has 2 unspecified atom stereocenters. The predicted molar refractivity (Wildman–Crippen MR) is 62.9 cm³/mol. The first-order chi connectivity index (χ1) is 8.95. The molecule has 1 aliphatic rings. The molecule has 106 valence electrons. The summed E-state index contributed by atoms with van der Waals surface area (Å²) in [6.07, 6.45) is -4.99. The zero-order chi connectivity index (χ0) is 14.2. The van der Waals surface area contributed by atoms with Crippen LogP contribution in [0.1, 0.15) is 13.2 Å². The van der Waals surface area contributed by atoms with Crippen LogP contribution in [0, 0.1) is 5.92 Å². The van der Waals surface area contributed by atoms with Gasteiger partial charge in [-0.05, 0) is 6.07 Å². The third kappa shape index (κ3) is 2.45. The monoisotopic (exact) mass is 275 g/mol. The number of aliphatic hydroxyl groups excluding tert-OH is 1. The molecule has 3 N–H and O–H groups in total. The van der Waals surface area contributed by atoms with Crippen molar-refractivity contribution >= 4 is 5.82 Å². The highest BCUT2D eigenvalue weighted by molar-refractivity contribution is 5.23. The van der Waals surface area contributed by atoms with E-state index in [9.17, 15) is 13.6 Å². The molecule has 1 aliphatic heterocycles. The summed E-state index contributed by atoms with van der Waals surface area (Å²) in [7, 11) is 0. The Morgan fingerprint density at radius 1 is 1.53 bits per heavy atom. The van der Waals surface area contributed by atoms with Gasteiger partial charge in [-0.15, -0.1) is 0 Å². The van der Waals surface area contributed by atoms with Gasteiger partial charge in [0, 0.05) is 12.1 Å². The van der Waals surface area contributed by atoms with Gasteiger partial charge in [-0.3, -0.25) is 4.57 Å². The molecule has 5 atom stereocenters. The number of nitrogen functional groups attached to an aromatic ring is 1. The lowest BCUT2D eigenvalue weighted by molar-refractivity contribution is -0.195. The molecular weight excluding hydrogens is 260 g/mol. The van der Waals surface area contributed by atoms with Crippen molar-refractivity contribution in [3.8, 4) is 0 Å². The molecule has 0 aromatic carbocycles. The van der Waals surface area contributed by atoms with Crippen LogP contribution in [0.5, 0.6) is 0 Å². The van der Waals surface area contributed by atoms with Gasteiger partial charge in [0.25, 0.3) is 0 Å². The summed E-state index contributed by atoms with van der Waals surface area (Å²) >= 11 is 0. The van der Waals surface area contributed by atoms with Crippen molar-refractivity contribution in [2.75, 3.05) is 12.3 Å². The lowest BCUT2D eigenvalue weighted by atomic mass is 9.92. The van der Waals surface area contributed by atoms with E-state index in [1.54, 1.807) is 0 Å². The van der Waals surface area contributed by atoms with Crippen LogP contribution >= 0.6 is 0 Å². The van der Waals surface area contributed by atoms with E-state index in [1.807, 2.05) is 0 Å². The van der Waals surface area contributed by atoms with E-state index in [2.05, 4.69) is 4.98 Å². The average Bonchev–Trinajstić information content (AvgIpc) is 2.38. The maximum atomic E-state index is 14.0. The fourth-order valence-electron chi connectivity index (χ4n) is 2.08. The number of nitrogens with zero attached hydrogens (tertiary/aromatic N) is 2. The molecule has 1 fully saturated rings. The SMILES string of the molecule is C[C@@H]1C(F)C(F)[C@H](n2ccc(N)nc2=O)O[C@@H]1CO. The molecule has 1 aromatic heterocycles. The number of rotatable bonds is 2. The van der Waals surface area contributed by atoms with Crippen molar-refractivity contribution in [1.29, 1.82) is 0 Å². The maximum Gasteiger partial charge on any atom is 0.351 e. The van der Waals surface area contributed by atoms with E-state index in [0.717, 1.165) is 4.57 Å². The van der Waals surface area contributed by atoms with Crippen molar-refractivity contribution in [2.45, 2.75) is 31.6 Å². The Morgan fingerprint density at radius 3 is 2.79 bits per heavy atom. The number of ether oxygens (including phenoxy) is 1. The van der Waals surface area contributed by atoms with Crippen LogP contribution in [0.4, 0.5) is 14.6 Å². The van der Waals surface area contributed by atoms with Crippen LogP contribution in [-0.2, 0) is 4.74 Å². The Balaban J connectivity index is 2.35. The number of alkyl halides is 2. The highest BCUT2D eigenvalue weighted by atomic mass is 19.2. The van der Waals surface area contributed by atoms with Crippen LogP contribution in [0.25, 0.3) is 0 Å². The number of nitrogens with two attached hydrogens (primary N) is 1. The van der Waals surface area contributed by atoms with Crippen molar-refractivity contribution in [1.82, 2.24) is 9.55 Å². The zero-order valence-corrected chi connectivity index (χ0v) is 10.2. The Labute approximate surface area is 107 Å². The number of hydrogen-bond donors (Lipinski definition) is 2. The van der Waals surface area contributed by atoms with Gasteiger partial charge in [-0.2, -0.15) is 4.98 Å². The second-order valence-electron chi connectivity index (χ2n) is 4.54. The fraction of sp³-hybridized carbons (Fsp3) is 0.636. The summed E-state index contributed by atoms with van der Waals surface area (Å²) in [4.78, 5) is 15.0. The zero-order valence-electron chi connectivity index (χ0n) is 10.2. The minimum absolute atomic E-state index is 0.0173. The minimum Gasteiger partial charge on any atom is -0.394 e. The molecule has 1 saturated heterocycles. The minimum atomic E-state index is -2.01. The summed E-state index contributed by atoms with van der Waals surface area (Å²) in [5.74, 6) is -0.815. The Morgan fingerprint density at radius 2 is 2.21 bits per heavy atom. The first-order valence-corrected chi connectivity index (χ1v) is 5.85. The Kier molecular flexibility index (Phi) is 3.81. The van der Waals surface area contributed by atoms with Gasteiger partial charge in [0.1, 0.15) is 12.0 Å². The van der Waals surface area contributed by atoms with Crippen molar-refractivity contribution in [3.63, 3.8) is 0 Å². The first kappa shape index (κ1) is 13.9.